The van der Waals surface area contributed by atoms with Gasteiger partial charge in [-0.05, 0) is 146 Å². The van der Waals surface area contributed by atoms with Gasteiger partial charge in [0.2, 0.25) is 0 Å². The molecule has 5 heterocycles. The van der Waals surface area contributed by atoms with E-state index in [0.29, 0.717) is 48.5 Å². The third-order valence-corrected chi connectivity index (χ3v) is 15.6. The number of halogens is 24. The van der Waals surface area contributed by atoms with Crippen molar-refractivity contribution in [2.75, 3.05) is 0 Å². The van der Waals surface area contributed by atoms with Gasteiger partial charge < -0.3 is 9.97 Å². The Morgan fingerprint density at radius 3 is 0.635 bits per heavy atom. The van der Waals surface area contributed by atoms with Crippen molar-refractivity contribution in [1.29, 1.82) is 0 Å². The van der Waals surface area contributed by atoms with Crippen LogP contribution in [0.15, 0.2) is 146 Å². The zero-order valence-corrected chi connectivity index (χ0v) is 50.6. The van der Waals surface area contributed by atoms with Gasteiger partial charge in [0.15, 0.2) is 23.3 Å². The summed E-state index contributed by atoms with van der Waals surface area (Å²) in [5.74, 6) is 18.3. The summed E-state index contributed by atoms with van der Waals surface area (Å²) in [6, 6.07) is 18.2. The highest BCUT2D eigenvalue weighted by Crippen LogP contribution is 2.44. The highest BCUT2D eigenvalue weighted by atomic mass is 19.4. The number of aromatic nitrogens is 8. The number of hydrogen-bond acceptors (Lipinski definition) is 6. The second-order valence-electron chi connectivity index (χ2n) is 22.8. The van der Waals surface area contributed by atoms with Gasteiger partial charge in [-0.3, -0.25) is 0 Å². The minimum absolute atomic E-state index is 0.00404. The molecule has 11 aromatic rings. The minimum atomic E-state index is -5.25. The molecule has 0 spiro atoms. The molecule has 2 N–H and O–H groups in total. The van der Waals surface area contributed by atoms with Crippen molar-refractivity contribution in [1.82, 2.24) is 39.9 Å². The van der Waals surface area contributed by atoms with Crippen LogP contribution in [-0.4, -0.2) is 39.9 Å². The van der Waals surface area contributed by atoms with Gasteiger partial charge in [-0.2, -0.15) is 105 Å². The van der Waals surface area contributed by atoms with Crippen molar-refractivity contribution >= 4 is 44.1 Å². The largest absolute Gasteiger partial charge is 0.416 e. The van der Waals surface area contributed by atoms with E-state index in [1.54, 1.807) is 0 Å². The van der Waals surface area contributed by atoms with Gasteiger partial charge in [-0.25, -0.2) is 29.9 Å². The Bertz CT molecular complexity index is 5420. The highest BCUT2D eigenvalue weighted by molar-refractivity contribution is 6.07. The molecule has 13 rings (SSSR count). The standard InChI is InChI=1S/C72H26F24N8/c73-65(74,75)41-17-37(18-42(29-41)66(76,77)78)5-1-33-9-13-49-53(25-33)61-99-57(49)97-58-51-15-11-35(3-7-39-21-45(69(85,86)87)31-46(22-39)70(88,89)90)27-55(51)63(101-58)104-64-56-28-36(4-8-40-23-47(71(91,92)93)32-48(24-40)72(94,95)96)12-16-52(56)60(102-64)98-59-50-14-10-34(26-54(50)62(100-59)103-61)2-6-38-19-43(67(79,80)81)30-44(20-38)68(82,83)84/h9-32H,(H2,97,98,99,100,101,102,103,104). The first-order valence-corrected chi connectivity index (χ1v) is 29.1. The van der Waals surface area contributed by atoms with Gasteiger partial charge in [0.05, 0.1) is 44.5 Å². The number of fused-ring (bicyclic) bond motifs is 20. The molecule has 8 aromatic carbocycles. The molecular weight excluding hydrogens is 1430 g/mol. The summed E-state index contributed by atoms with van der Waals surface area (Å²) < 4.78 is 334. The molecule has 0 saturated carbocycles. The van der Waals surface area contributed by atoms with Crippen LogP contribution in [0, 0.1) is 47.4 Å². The molecule has 2 aliphatic heterocycles. The Morgan fingerprint density at radius 2 is 0.394 bits per heavy atom. The van der Waals surface area contributed by atoms with E-state index in [-0.39, 0.29) is 136 Å². The Morgan fingerprint density at radius 1 is 0.192 bits per heavy atom. The van der Waals surface area contributed by atoms with Crippen LogP contribution in [0.3, 0.4) is 0 Å². The summed E-state index contributed by atoms with van der Waals surface area (Å²) in [7, 11) is 0. The fourth-order valence-corrected chi connectivity index (χ4v) is 10.8. The van der Waals surface area contributed by atoms with Gasteiger partial charge in [-0.1, -0.05) is 47.4 Å². The number of benzene rings is 8. The summed E-state index contributed by atoms with van der Waals surface area (Å²) in [5, 5.41) is 0.273. The number of nitrogens with one attached hydrogen (secondary N) is 2. The van der Waals surface area contributed by atoms with Crippen LogP contribution in [0.1, 0.15) is 89.0 Å². The smallest absolute Gasteiger partial charge is 0.324 e. The van der Waals surface area contributed by atoms with Crippen LogP contribution < -0.4 is 0 Å². The fourth-order valence-electron chi connectivity index (χ4n) is 10.8. The predicted molar refractivity (Wildman–Crippen MR) is 326 cm³/mol. The summed E-state index contributed by atoms with van der Waals surface area (Å²) in [4.78, 5) is 34.6. The number of nitrogens with zero attached hydrogens (tertiary/aromatic N) is 6. The van der Waals surface area contributed by atoms with E-state index in [9.17, 15) is 105 Å². The van der Waals surface area contributed by atoms with Gasteiger partial charge in [-0.15, -0.1) is 0 Å². The van der Waals surface area contributed by atoms with Crippen LogP contribution in [0.2, 0.25) is 0 Å². The van der Waals surface area contributed by atoms with Crippen LogP contribution in [0.5, 0.6) is 0 Å². The molecule has 0 fully saturated rings. The first kappa shape index (κ1) is 70.1. The molecule has 522 valence electrons. The number of aromatic amines is 2. The summed E-state index contributed by atoms with van der Waals surface area (Å²) in [6.07, 6.45) is -42.0. The maximum atomic E-state index is 13.9. The zero-order chi connectivity index (χ0) is 74.8. The van der Waals surface area contributed by atoms with Crippen molar-refractivity contribution < 1.29 is 105 Å². The molecule has 0 radical (unpaired) electrons. The third kappa shape index (κ3) is 14.6. The molecule has 2 aliphatic rings. The number of hydrogen-bond donors (Lipinski definition) is 2. The lowest BCUT2D eigenvalue weighted by molar-refractivity contribution is -0.144. The average Bonchev–Trinajstić information content (AvgIpc) is 1.64. The van der Waals surface area contributed by atoms with E-state index in [2.05, 4.69) is 57.3 Å². The van der Waals surface area contributed by atoms with Crippen molar-refractivity contribution in [2.45, 2.75) is 49.4 Å². The van der Waals surface area contributed by atoms with E-state index in [0.717, 1.165) is 0 Å². The number of rotatable bonds is 0. The Labute approximate surface area is 564 Å². The molecular formula is C72H26F24N8. The third-order valence-electron chi connectivity index (χ3n) is 15.6. The summed E-state index contributed by atoms with van der Waals surface area (Å²) in [6.45, 7) is 0. The second-order valence-corrected chi connectivity index (χ2v) is 22.8. The molecule has 8 nitrogen and oxygen atoms in total. The normalized spacial score (nSPS) is 12.7. The van der Waals surface area contributed by atoms with Crippen molar-refractivity contribution in [3.05, 3.63) is 235 Å². The topological polar surface area (TPSA) is 109 Å². The van der Waals surface area contributed by atoms with E-state index in [1.165, 1.54) is 72.8 Å². The SMILES string of the molecule is FC(F)(F)c1cc(C#Cc2ccc3c(c2)-c2nc-3nc3[nH]c(nc4nc(nc5[nH]c(n2)c2cc(C#Cc6cc(C(F)(F)F)cc(C(F)(F)F)c6)ccc52)-c2ccc(C#Cc5cc(C(F)(F)F)cc(C(F)(F)F)c5)cc2-4)c2cc(C#Cc4cc(C(F)(F)F)cc(C(F)(F)F)c4)ccc32)cc(C(F)(F)F)c1. The van der Waals surface area contributed by atoms with E-state index >= 15 is 0 Å². The van der Waals surface area contributed by atoms with Crippen molar-refractivity contribution in [2.24, 2.45) is 0 Å². The zero-order valence-electron chi connectivity index (χ0n) is 50.6. The maximum Gasteiger partial charge on any atom is 0.416 e. The molecule has 8 bridgehead atoms. The fraction of sp³-hybridized carbons (Fsp3) is 0.111. The monoisotopic (exact) mass is 1460 g/mol. The molecule has 0 saturated heterocycles. The molecule has 104 heavy (non-hydrogen) atoms. The molecule has 0 unspecified atom stereocenters. The van der Waals surface area contributed by atoms with E-state index < -0.39 is 116 Å². The lowest BCUT2D eigenvalue weighted by Gasteiger charge is -2.12. The summed E-state index contributed by atoms with van der Waals surface area (Å²) in [5.41, 5.74) is -17.2. The Hall–Kier alpha value is -12.3. The number of alkyl halides is 24. The molecule has 32 heteroatoms. The first-order valence-electron chi connectivity index (χ1n) is 29.1. The van der Waals surface area contributed by atoms with Crippen LogP contribution in [-0.2, 0) is 49.4 Å². The Kier molecular flexibility index (Phi) is 16.7. The summed E-state index contributed by atoms with van der Waals surface area (Å²) >= 11 is 0. The van der Waals surface area contributed by atoms with Crippen molar-refractivity contribution in [3.63, 3.8) is 0 Å². The van der Waals surface area contributed by atoms with Crippen LogP contribution in [0.4, 0.5) is 105 Å². The quantitative estimate of drug-likeness (QED) is 0.116. The maximum absolute atomic E-state index is 13.9. The van der Waals surface area contributed by atoms with Crippen molar-refractivity contribution in [3.8, 4) is 92.9 Å². The van der Waals surface area contributed by atoms with E-state index in [1.807, 2.05) is 0 Å². The minimum Gasteiger partial charge on any atom is -0.324 e. The molecule has 0 aliphatic carbocycles. The predicted octanol–water partition coefficient (Wildman–Crippen LogP) is 20.6. The van der Waals surface area contributed by atoms with Gasteiger partial charge in [0.25, 0.3) is 0 Å². The van der Waals surface area contributed by atoms with Gasteiger partial charge in [0, 0.05) is 88.3 Å². The van der Waals surface area contributed by atoms with E-state index in [4.69, 9.17) is 29.9 Å². The van der Waals surface area contributed by atoms with Gasteiger partial charge in [0.1, 0.15) is 22.6 Å². The molecule has 0 amide bonds. The second kappa shape index (κ2) is 24.7. The van der Waals surface area contributed by atoms with Gasteiger partial charge >= 0.3 is 49.4 Å². The van der Waals surface area contributed by atoms with Crippen LogP contribution in [0.25, 0.3) is 89.7 Å². The molecule has 3 aromatic heterocycles. The lowest BCUT2D eigenvalue weighted by atomic mass is 10.0. The molecule has 0 atom stereocenters. The number of H-pyrrole nitrogens is 2. The van der Waals surface area contributed by atoms with Crippen LogP contribution >= 0.6 is 0 Å². The average molecular weight is 1460 g/mol. The highest BCUT2D eigenvalue weighted by Gasteiger charge is 2.41. The Balaban J connectivity index is 1.07. The first-order chi connectivity index (χ1) is 48.4. The lowest BCUT2D eigenvalue weighted by Crippen LogP contribution is -2.11.